The summed E-state index contributed by atoms with van der Waals surface area (Å²) >= 11 is 0. The van der Waals surface area contributed by atoms with E-state index in [2.05, 4.69) is 47.9 Å². The number of aromatic nitrogens is 3. The largest absolute Gasteiger partial charge is 0.381 e. The third-order valence-corrected chi connectivity index (χ3v) is 6.69. The fourth-order valence-electron chi connectivity index (χ4n) is 4.50. The van der Waals surface area contributed by atoms with Crippen molar-refractivity contribution < 1.29 is 9.50 Å². The number of H-pyrrole nitrogens is 1. The fraction of sp³-hybridized carbons (Fsp3) is 0.214. The standard InChI is InChI=1S/C28H28FN7O/c1-28(37,22-7-9-24(29)10-8-22)23-17-32-27(33-18-23)36-13-11-35(12-14-36)26(34-19-30)25-15-21(16-31-25)20-5-3-2-4-6-20/h2-10,15-19,30-31,37H,11-14H2,1H3/t28-/m0/s1. The Morgan fingerprint density at radius 2 is 1.68 bits per heavy atom. The number of aromatic amines is 1. The summed E-state index contributed by atoms with van der Waals surface area (Å²) in [6, 6.07) is 17.9. The van der Waals surface area contributed by atoms with Crippen molar-refractivity contribution in [2.75, 3.05) is 31.1 Å². The molecule has 0 radical (unpaired) electrons. The number of nitrogens with one attached hydrogen (secondary N) is 2. The Labute approximate surface area is 214 Å². The van der Waals surface area contributed by atoms with Crippen molar-refractivity contribution >= 4 is 18.1 Å². The van der Waals surface area contributed by atoms with Gasteiger partial charge in [0.25, 0.3) is 0 Å². The maximum atomic E-state index is 13.3. The maximum Gasteiger partial charge on any atom is 0.225 e. The Balaban J connectivity index is 1.26. The highest BCUT2D eigenvalue weighted by Gasteiger charge is 2.28. The summed E-state index contributed by atoms with van der Waals surface area (Å²) in [6.07, 6.45) is 6.25. The molecule has 8 nitrogen and oxygen atoms in total. The Kier molecular flexibility index (Phi) is 6.78. The van der Waals surface area contributed by atoms with Crippen LogP contribution in [0.1, 0.15) is 23.7 Å². The second-order valence-corrected chi connectivity index (χ2v) is 9.07. The average Bonchev–Trinajstić information content (AvgIpc) is 3.43. The molecule has 0 bridgehead atoms. The van der Waals surface area contributed by atoms with Gasteiger partial charge in [-0.15, -0.1) is 0 Å². The first kappa shape index (κ1) is 24.3. The lowest BCUT2D eigenvalue weighted by Crippen LogP contribution is -2.49. The van der Waals surface area contributed by atoms with Crippen molar-refractivity contribution in [3.8, 4) is 11.1 Å². The van der Waals surface area contributed by atoms with Crippen LogP contribution in [-0.2, 0) is 5.60 Å². The molecule has 2 aromatic carbocycles. The third kappa shape index (κ3) is 5.12. The number of aliphatic imine (C=N–C) groups is 1. The smallest absolute Gasteiger partial charge is 0.225 e. The molecule has 1 aliphatic heterocycles. The van der Waals surface area contributed by atoms with Crippen LogP contribution in [0, 0.1) is 11.2 Å². The number of halogens is 1. The minimum Gasteiger partial charge on any atom is -0.381 e. The lowest BCUT2D eigenvalue weighted by atomic mass is 9.90. The number of nitrogens with zero attached hydrogens (tertiary/aromatic N) is 5. The molecule has 5 rings (SSSR count). The van der Waals surface area contributed by atoms with Gasteiger partial charge in [0.1, 0.15) is 17.8 Å². The van der Waals surface area contributed by atoms with Crippen molar-refractivity contribution in [3.63, 3.8) is 0 Å². The van der Waals surface area contributed by atoms with E-state index in [4.69, 9.17) is 5.41 Å². The summed E-state index contributed by atoms with van der Waals surface area (Å²) < 4.78 is 13.3. The molecule has 0 amide bonds. The van der Waals surface area contributed by atoms with Gasteiger partial charge in [-0.05, 0) is 41.8 Å². The van der Waals surface area contributed by atoms with Gasteiger partial charge in [0, 0.05) is 50.3 Å². The summed E-state index contributed by atoms with van der Waals surface area (Å²) in [7, 11) is 0. The molecule has 3 N–H and O–H groups in total. The first-order valence-electron chi connectivity index (χ1n) is 12.1. The van der Waals surface area contributed by atoms with E-state index in [-0.39, 0.29) is 5.82 Å². The van der Waals surface area contributed by atoms with Crippen molar-refractivity contribution in [1.82, 2.24) is 19.9 Å². The lowest BCUT2D eigenvalue weighted by molar-refractivity contribution is 0.101. The molecule has 0 saturated carbocycles. The second-order valence-electron chi connectivity index (χ2n) is 9.07. The minimum absolute atomic E-state index is 0.355. The molecule has 1 fully saturated rings. The van der Waals surface area contributed by atoms with Crippen molar-refractivity contribution in [3.05, 3.63) is 102 Å². The zero-order valence-electron chi connectivity index (χ0n) is 20.5. The average molecular weight is 498 g/mol. The molecule has 0 spiro atoms. The molecular formula is C28H28FN7O. The number of amidine groups is 1. The van der Waals surface area contributed by atoms with Crippen LogP contribution in [0.3, 0.4) is 0 Å². The van der Waals surface area contributed by atoms with Gasteiger partial charge in [-0.3, -0.25) is 5.41 Å². The molecule has 1 aliphatic rings. The zero-order chi connectivity index (χ0) is 25.8. The monoisotopic (exact) mass is 497 g/mol. The summed E-state index contributed by atoms with van der Waals surface area (Å²) in [5.41, 5.74) is 2.80. The van der Waals surface area contributed by atoms with Crippen molar-refractivity contribution in [1.29, 1.82) is 5.41 Å². The third-order valence-electron chi connectivity index (χ3n) is 6.69. The Morgan fingerprint density at radius 3 is 2.32 bits per heavy atom. The van der Waals surface area contributed by atoms with E-state index in [0.29, 0.717) is 43.3 Å². The van der Waals surface area contributed by atoms with Gasteiger partial charge in [0.15, 0.2) is 5.84 Å². The predicted molar refractivity (Wildman–Crippen MR) is 142 cm³/mol. The molecule has 188 valence electrons. The van der Waals surface area contributed by atoms with Gasteiger partial charge in [-0.2, -0.15) is 0 Å². The second kappa shape index (κ2) is 10.3. The maximum absolute atomic E-state index is 13.3. The number of hydrogen-bond donors (Lipinski definition) is 3. The van der Waals surface area contributed by atoms with E-state index in [1.54, 1.807) is 31.5 Å². The highest BCUT2D eigenvalue weighted by Crippen LogP contribution is 2.29. The van der Waals surface area contributed by atoms with Gasteiger partial charge in [0.2, 0.25) is 5.95 Å². The number of hydrogen-bond acceptors (Lipinski definition) is 5. The van der Waals surface area contributed by atoms with E-state index in [9.17, 15) is 9.50 Å². The first-order valence-corrected chi connectivity index (χ1v) is 12.1. The molecule has 0 unspecified atom stereocenters. The Hall–Kier alpha value is -4.37. The van der Waals surface area contributed by atoms with Crippen LogP contribution in [0.5, 0.6) is 0 Å². The van der Waals surface area contributed by atoms with Gasteiger partial charge < -0.3 is 19.9 Å². The van der Waals surface area contributed by atoms with Crippen LogP contribution in [-0.4, -0.2) is 63.3 Å². The lowest BCUT2D eigenvalue weighted by Gasteiger charge is -2.36. The van der Waals surface area contributed by atoms with Gasteiger partial charge >= 0.3 is 0 Å². The number of benzene rings is 2. The zero-order valence-corrected chi connectivity index (χ0v) is 20.5. The first-order chi connectivity index (χ1) is 18.0. The van der Waals surface area contributed by atoms with E-state index >= 15 is 0 Å². The predicted octanol–water partition coefficient (Wildman–Crippen LogP) is 4.04. The van der Waals surface area contributed by atoms with E-state index in [1.165, 1.54) is 12.1 Å². The molecule has 37 heavy (non-hydrogen) atoms. The molecule has 1 atom stereocenters. The molecular weight excluding hydrogens is 469 g/mol. The van der Waals surface area contributed by atoms with Crippen molar-refractivity contribution in [2.45, 2.75) is 12.5 Å². The minimum atomic E-state index is -1.34. The topological polar surface area (TPSA) is 104 Å². The molecule has 0 aliphatic carbocycles. The van der Waals surface area contributed by atoms with Gasteiger partial charge in [0.05, 0.1) is 5.69 Å². The van der Waals surface area contributed by atoms with Crippen molar-refractivity contribution in [2.24, 2.45) is 4.99 Å². The summed E-state index contributed by atoms with van der Waals surface area (Å²) in [5.74, 6) is 0.950. The van der Waals surface area contributed by atoms with E-state index < -0.39 is 5.60 Å². The quantitative estimate of drug-likeness (QED) is 0.276. The van der Waals surface area contributed by atoms with Crippen LogP contribution in [0.15, 0.2) is 84.2 Å². The van der Waals surface area contributed by atoms with E-state index in [1.807, 2.05) is 24.4 Å². The SMILES string of the molecule is C[C@](O)(c1ccc(F)cc1)c1cnc(N2CCN(C(=NC=N)c3cc(-c4ccccc4)c[nH]3)CC2)nc1. The summed E-state index contributed by atoms with van der Waals surface area (Å²) in [5, 5.41) is 18.6. The molecule has 3 heterocycles. The Morgan fingerprint density at radius 1 is 1.00 bits per heavy atom. The normalized spacial score (nSPS) is 15.9. The molecule has 1 saturated heterocycles. The summed E-state index contributed by atoms with van der Waals surface area (Å²) in [4.78, 5) is 20.9. The highest BCUT2D eigenvalue weighted by molar-refractivity contribution is 6.01. The number of anilines is 1. The highest BCUT2D eigenvalue weighted by atomic mass is 19.1. The summed E-state index contributed by atoms with van der Waals surface area (Å²) in [6.45, 7) is 4.37. The van der Waals surface area contributed by atoms with Crippen LogP contribution in [0.4, 0.5) is 10.3 Å². The van der Waals surface area contributed by atoms with Crippen LogP contribution < -0.4 is 4.90 Å². The van der Waals surface area contributed by atoms with Gasteiger partial charge in [-0.1, -0.05) is 42.5 Å². The van der Waals surface area contributed by atoms with Crippen LogP contribution in [0.25, 0.3) is 11.1 Å². The Bertz CT molecular complexity index is 1370. The molecule has 9 heteroatoms. The fourth-order valence-corrected chi connectivity index (χ4v) is 4.50. The number of piperazine rings is 1. The number of rotatable bonds is 6. The van der Waals surface area contributed by atoms with Crippen LogP contribution in [0.2, 0.25) is 0 Å². The van der Waals surface area contributed by atoms with Gasteiger partial charge in [-0.25, -0.2) is 19.4 Å². The van der Waals surface area contributed by atoms with Crippen LogP contribution >= 0.6 is 0 Å². The molecule has 2 aromatic heterocycles. The number of aliphatic hydroxyl groups is 1. The molecule has 4 aromatic rings. The van der Waals surface area contributed by atoms with E-state index in [0.717, 1.165) is 29.0 Å².